The summed E-state index contributed by atoms with van der Waals surface area (Å²) in [6.45, 7) is 1.57. The number of aromatic nitrogens is 1. The predicted octanol–water partition coefficient (Wildman–Crippen LogP) is 2.78. The van der Waals surface area contributed by atoms with Gasteiger partial charge in [-0.2, -0.15) is 4.99 Å². The van der Waals surface area contributed by atoms with E-state index in [1.807, 2.05) is 29.8 Å². The molecule has 0 spiro atoms. The van der Waals surface area contributed by atoms with E-state index in [0.717, 1.165) is 16.0 Å². The first-order chi connectivity index (χ1) is 12.4. The second-order valence-electron chi connectivity index (χ2n) is 5.63. The minimum absolute atomic E-state index is 0.0190. The number of nitrogens with zero attached hydrogens (tertiary/aromatic N) is 2. The molecule has 26 heavy (non-hydrogen) atoms. The molecular weight excluding hydrogens is 372 g/mol. The van der Waals surface area contributed by atoms with Crippen molar-refractivity contribution < 1.29 is 17.9 Å². The zero-order chi connectivity index (χ0) is 18.9. The summed E-state index contributed by atoms with van der Waals surface area (Å²) in [6.07, 6.45) is 0. The van der Waals surface area contributed by atoms with E-state index in [9.17, 15) is 13.2 Å². The topological polar surface area (TPSA) is 77.7 Å². The molecule has 1 heterocycles. The highest BCUT2D eigenvalue weighted by Crippen LogP contribution is 2.22. The Morgan fingerprint density at radius 2 is 2.00 bits per heavy atom. The number of benzene rings is 2. The number of carbonyl (C=O) groups is 1. The van der Waals surface area contributed by atoms with Crippen molar-refractivity contribution in [2.45, 2.75) is 11.8 Å². The van der Waals surface area contributed by atoms with Crippen LogP contribution < -0.4 is 9.54 Å². The van der Waals surface area contributed by atoms with Gasteiger partial charge >= 0.3 is 0 Å². The van der Waals surface area contributed by atoms with Crippen molar-refractivity contribution in [3.8, 4) is 5.75 Å². The summed E-state index contributed by atoms with van der Waals surface area (Å²) < 4.78 is 32.0. The van der Waals surface area contributed by atoms with Gasteiger partial charge in [0.25, 0.3) is 5.91 Å². The van der Waals surface area contributed by atoms with Crippen LogP contribution in [0.4, 0.5) is 0 Å². The van der Waals surface area contributed by atoms with Gasteiger partial charge in [-0.25, -0.2) is 8.42 Å². The summed E-state index contributed by atoms with van der Waals surface area (Å²) in [6, 6.07) is 11.6. The van der Waals surface area contributed by atoms with E-state index >= 15 is 0 Å². The number of hydrogen-bond acceptors (Lipinski definition) is 5. The number of fused-ring (bicyclic) bond motifs is 1. The number of aryl methyl sites for hydroxylation is 1. The van der Waals surface area contributed by atoms with Crippen molar-refractivity contribution in [3.05, 3.63) is 52.8 Å². The molecule has 0 aliphatic heterocycles. The zero-order valence-electron chi connectivity index (χ0n) is 14.6. The highest BCUT2D eigenvalue weighted by Gasteiger charge is 2.14. The van der Waals surface area contributed by atoms with Gasteiger partial charge in [-0.3, -0.25) is 4.79 Å². The van der Waals surface area contributed by atoms with Gasteiger partial charge in [0.15, 0.2) is 14.6 Å². The van der Waals surface area contributed by atoms with Gasteiger partial charge in [0, 0.05) is 12.6 Å². The second-order valence-corrected chi connectivity index (χ2v) is 8.91. The number of ether oxygens (including phenoxy) is 1. The number of carbonyl (C=O) groups excluding carboxylic acids is 1. The fraction of sp³-hybridized carbons (Fsp3) is 0.222. The Morgan fingerprint density at radius 1 is 1.23 bits per heavy atom. The van der Waals surface area contributed by atoms with Crippen LogP contribution >= 0.6 is 11.3 Å². The number of sulfone groups is 1. The molecular formula is C18H18N2O4S2. The Balaban J connectivity index is 2.06. The van der Waals surface area contributed by atoms with E-state index in [2.05, 4.69) is 4.99 Å². The molecule has 0 unspecified atom stereocenters. The van der Waals surface area contributed by atoms with Gasteiger partial charge in [0.2, 0.25) is 0 Å². The van der Waals surface area contributed by atoms with Crippen molar-refractivity contribution >= 4 is 37.3 Å². The Bertz CT molecular complexity index is 1160. The molecule has 6 nitrogen and oxygen atoms in total. The van der Waals surface area contributed by atoms with E-state index in [1.54, 1.807) is 26.2 Å². The number of methoxy groups -OCH3 is 1. The zero-order valence-corrected chi connectivity index (χ0v) is 16.2. The lowest BCUT2D eigenvalue weighted by Gasteiger charge is -2.02. The van der Waals surface area contributed by atoms with Gasteiger partial charge in [-0.1, -0.05) is 24.3 Å². The van der Waals surface area contributed by atoms with Crippen molar-refractivity contribution in [3.63, 3.8) is 0 Å². The third kappa shape index (κ3) is 3.42. The maximum atomic E-state index is 12.5. The van der Waals surface area contributed by atoms with E-state index < -0.39 is 15.7 Å². The summed E-state index contributed by atoms with van der Waals surface area (Å²) in [5, 5.41) is 0. The van der Waals surface area contributed by atoms with Crippen LogP contribution in [0.25, 0.3) is 10.2 Å². The van der Waals surface area contributed by atoms with Gasteiger partial charge < -0.3 is 9.30 Å². The molecule has 3 aromatic rings. The number of thiazole rings is 1. The first kappa shape index (κ1) is 18.3. The number of hydrogen-bond donors (Lipinski definition) is 0. The molecule has 0 aliphatic rings. The lowest BCUT2D eigenvalue weighted by atomic mass is 10.2. The maximum absolute atomic E-state index is 12.5. The van der Waals surface area contributed by atoms with Crippen molar-refractivity contribution in [1.82, 2.24) is 4.57 Å². The third-order valence-electron chi connectivity index (χ3n) is 4.03. The van der Waals surface area contributed by atoms with E-state index in [-0.39, 0.29) is 16.2 Å². The van der Waals surface area contributed by atoms with Crippen LogP contribution in [0.5, 0.6) is 5.75 Å². The molecule has 0 saturated heterocycles. The first-order valence-electron chi connectivity index (χ1n) is 7.91. The molecule has 0 atom stereocenters. The molecule has 3 rings (SSSR count). The minimum atomic E-state index is -3.37. The monoisotopic (exact) mass is 390 g/mol. The Kier molecular flexibility index (Phi) is 4.97. The molecule has 2 aromatic carbocycles. The fourth-order valence-electron chi connectivity index (χ4n) is 2.49. The van der Waals surface area contributed by atoms with Crippen LogP contribution in [0, 0.1) is 0 Å². The van der Waals surface area contributed by atoms with Crippen LogP contribution in [0.15, 0.2) is 52.4 Å². The summed E-state index contributed by atoms with van der Waals surface area (Å²) in [5.74, 6) is 0.233. The molecule has 1 aromatic heterocycles. The van der Waals surface area contributed by atoms with Crippen molar-refractivity contribution in [1.29, 1.82) is 0 Å². The molecule has 0 N–H and O–H groups in total. The quantitative estimate of drug-likeness (QED) is 0.686. The van der Waals surface area contributed by atoms with Gasteiger partial charge in [0.05, 0.1) is 28.0 Å². The maximum Gasteiger partial charge on any atom is 0.279 e. The molecule has 136 valence electrons. The predicted molar refractivity (Wildman–Crippen MR) is 101 cm³/mol. The molecule has 0 radical (unpaired) electrons. The van der Waals surface area contributed by atoms with E-state index in [1.165, 1.54) is 23.5 Å². The average molecular weight is 390 g/mol. The van der Waals surface area contributed by atoms with Crippen molar-refractivity contribution in [2.75, 3.05) is 12.9 Å². The average Bonchev–Trinajstić information content (AvgIpc) is 2.96. The molecule has 0 aliphatic carbocycles. The van der Waals surface area contributed by atoms with Crippen LogP contribution in [-0.4, -0.2) is 31.8 Å². The Labute approximate surface area is 155 Å². The second kappa shape index (κ2) is 7.05. The lowest BCUT2D eigenvalue weighted by Crippen LogP contribution is -2.13. The third-order valence-corrected chi connectivity index (χ3v) is 6.86. The summed E-state index contributed by atoms with van der Waals surface area (Å²) >= 11 is 1.37. The van der Waals surface area contributed by atoms with Gasteiger partial charge in [0.1, 0.15) is 5.75 Å². The van der Waals surface area contributed by atoms with Crippen molar-refractivity contribution in [2.24, 2.45) is 12.0 Å². The first-order valence-corrected chi connectivity index (χ1v) is 10.4. The van der Waals surface area contributed by atoms with Crippen LogP contribution in [0.1, 0.15) is 17.3 Å². The molecule has 0 fully saturated rings. The SMILES string of the molecule is CCS(=O)(=O)c1cccc(C(=O)N=c2sc3cc(OC)ccc3n2C)c1. The Hall–Kier alpha value is -2.45. The molecule has 0 saturated carbocycles. The van der Waals surface area contributed by atoms with E-state index in [0.29, 0.717) is 4.80 Å². The largest absolute Gasteiger partial charge is 0.497 e. The fourth-order valence-corrected chi connectivity index (χ4v) is 4.46. The standard InChI is InChI=1S/C18H18N2O4S2/c1-4-26(22,23)14-7-5-6-12(10-14)17(21)19-18-20(2)15-9-8-13(24-3)11-16(15)25-18/h5-11H,4H2,1-3H3. The number of rotatable bonds is 4. The lowest BCUT2D eigenvalue weighted by molar-refractivity contribution is 0.0997. The summed E-state index contributed by atoms with van der Waals surface area (Å²) in [4.78, 5) is 17.4. The van der Waals surface area contributed by atoms with Crippen LogP contribution in [0.3, 0.4) is 0 Å². The summed E-state index contributed by atoms with van der Waals surface area (Å²) in [7, 11) is 0.0531. The minimum Gasteiger partial charge on any atom is -0.497 e. The van der Waals surface area contributed by atoms with Gasteiger partial charge in [-0.15, -0.1) is 0 Å². The normalized spacial score (nSPS) is 12.5. The summed E-state index contributed by atoms with van der Waals surface area (Å²) in [5.41, 5.74) is 1.18. The highest BCUT2D eigenvalue weighted by molar-refractivity contribution is 7.91. The molecule has 8 heteroatoms. The van der Waals surface area contributed by atoms with E-state index in [4.69, 9.17) is 4.74 Å². The number of amides is 1. The Morgan fingerprint density at radius 3 is 2.69 bits per heavy atom. The molecule has 0 bridgehead atoms. The smallest absolute Gasteiger partial charge is 0.279 e. The molecule has 1 amide bonds. The van der Waals surface area contributed by atoms with Crippen LogP contribution in [-0.2, 0) is 16.9 Å². The van der Waals surface area contributed by atoms with Gasteiger partial charge in [-0.05, 0) is 36.4 Å². The highest BCUT2D eigenvalue weighted by atomic mass is 32.2. The van der Waals surface area contributed by atoms with Crippen LogP contribution in [0.2, 0.25) is 0 Å².